The van der Waals surface area contributed by atoms with Crippen molar-refractivity contribution in [3.8, 4) is 0 Å². The standard InChI is InChI=1S/C26H23N5O3/c1-15-8-13-20(16(2)14-15)28-25(32)23-17(3)27-26-29-21-6-4-5-7-22(21)30(26)24(23)18-9-11-19(12-10-18)31(33)34/h4-14,24H,1-3H3,(H,27,29)(H,28,32)/t24-/m0/s1. The summed E-state index contributed by atoms with van der Waals surface area (Å²) in [7, 11) is 0. The first-order chi connectivity index (χ1) is 16.3. The number of para-hydroxylation sites is 2. The van der Waals surface area contributed by atoms with Crippen LogP contribution in [-0.4, -0.2) is 20.4 Å². The number of carbonyl (C=O) groups excluding carboxylic acids is 1. The number of nitro groups is 1. The van der Waals surface area contributed by atoms with E-state index in [0.29, 0.717) is 17.2 Å². The van der Waals surface area contributed by atoms with Gasteiger partial charge in [0.1, 0.15) is 0 Å². The molecule has 0 saturated carbocycles. The molecule has 170 valence electrons. The minimum atomic E-state index is -0.518. The van der Waals surface area contributed by atoms with E-state index < -0.39 is 11.0 Å². The number of aromatic nitrogens is 2. The Kier molecular flexibility index (Phi) is 5.13. The molecule has 2 heterocycles. The summed E-state index contributed by atoms with van der Waals surface area (Å²) in [6.45, 7) is 5.81. The molecule has 0 aliphatic carbocycles. The molecule has 3 aromatic carbocycles. The lowest BCUT2D eigenvalue weighted by Gasteiger charge is -2.30. The van der Waals surface area contributed by atoms with Gasteiger partial charge in [-0.3, -0.25) is 19.5 Å². The second kappa shape index (κ2) is 8.15. The van der Waals surface area contributed by atoms with Crippen LogP contribution in [0, 0.1) is 24.0 Å². The van der Waals surface area contributed by atoms with Crippen molar-refractivity contribution in [3.63, 3.8) is 0 Å². The third-order valence-electron chi connectivity index (χ3n) is 6.13. The maximum atomic E-state index is 13.7. The zero-order valence-corrected chi connectivity index (χ0v) is 19.0. The Morgan fingerprint density at radius 2 is 1.79 bits per heavy atom. The summed E-state index contributed by atoms with van der Waals surface area (Å²) in [5.41, 5.74) is 6.41. The molecule has 5 rings (SSSR count). The van der Waals surface area contributed by atoms with Gasteiger partial charge in [-0.25, -0.2) is 4.98 Å². The van der Waals surface area contributed by atoms with Crippen LogP contribution in [0.4, 0.5) is 17.3 Å². The Morgan fingerprint density at radius 1 is 1.06 bits per heavy atom. The average molecular weight is 454 g/mol. The molecule has 2 N–H and O–H groups in total. The topological polar surface area (TPSA) is 102 Å². The second-order valence-corrected chi connectivity index (χ2v) is 8.48. The third kappa shape index (κ3) is 3.59. The van der Waals surface area contributed by atoms with Gasteiger partial charge in [0.15, 0.2) is 0 Å². The van der Waals surface area contributed by atoms with E-state index in [9.17, 15) is 14.9 Å². The zero-order valence-electron chi connectivity index (χ0n) is 19.0. The summed E-state index contributed by atoms with van der Waals surface area (Å²) < 4.78 is 1.97. The van der Waals surface area contributed by atoms with Crippen molar-refractivity contribution in [2.24, 2.45) is 0 Å². The number of amides is 1. The average Bonchev–Trinajstić information content (AvgIpc) is 3.17. The number of nitrogens with zero attached hydrogens (tertiary/aromatic N) is 3. The van der Waals surface area contributed by atoms with Crippen LogP contribution < -0.4 is 10.6 Å². The predicted octanol–water partition coefficient (Wildman–Crippen LogP) is 5.49. The molecule has 0 saturated heterocycles. The highest BCUT2D eigenvalue weighted by atomic mass is 16.6. The molecule has 8 heteroatoms. The smallest absolute Gasteiger partial charge is 0.269 e. The van der Waals surface area contributed by atoms with Crippen LogP contribution in [0.5, 0.6) is 0 Å². The van der Waals surface area contributed by atoms with E-state index in [-0.39, 0.29) is 11.6 Å². The van der Waals surface area contributed by atoms with Crippen molar-refractivity contribution in [3.05, 3.63) is 105 Å². The molecule has 0 radical (unpaired) electrons. The quantitative estimate of drug-likeness (QED) is 0.314. The summed E-state index contributed by atoms with van der Waals surface area (Å²) in [6.07, 6.45) is 0. The Bertz CT molecular complexity index is 1480. The molecule has 0 bridgehead atoms. The molecule has 0 unspecified atom stereocenters. The van der Waals surface area contributed by atoms with Crippen LogP contribution in [0.3, 0.4) is 0 Å². The monoisotopic (exact) mass is 453 g/mol. The number of rotatable bonds is 4. The van der Waals surface area contributed by atoms with E-state index in [0.717, 1.165) is 33.4 Å². The van der Waals surface area contributed by atoms with Crippen molar-refractivity contribution in [1.29, 1.82) is 0 Å². The molecule has 8 nitrogen and oxygen atoms in total. The molecule has 1 aliphatic heterocycles. The van der Waals surface area contributed by atoms with Crippen molar-refractivity contribution < 1.29 is 9.72 Å². The van der Waals surface area contributed by atoms with Crippen LogP contribution in [0.25, 0.3) is 11.0 Å². The first-order valence-electron chi connectivity index (χ1n) is 10.9. The van der Waals surface area contributed by atoms with Crippen LogP contribution in [0.2, 0.25) is 0 Å². The summed E-state index contributed by atoms with van der Waals surface area (Å²) in [4.78, 5) is 29.2. The first kappa shape index (κ1) is 21.4. The molecule has 34 heavy (non-hydrogen) atoms. The third-order valence-corrected chi connectivity index (χ3v) is 6.13. The maximum absolute atomic E-state index is 13.7. The van der Waals surface area contributed by atoms with Crippen LogP contribution >= 0.6 is 0 Å². The Hall–Kier alpha value is -4.46. The van der Waals surface area contributed by atoms with Gasteiger partial charge in [0.25, 0.3) is 11.6 Å². The van der Waals surface area contributed by atoms with Crippen LogP contribution in [-0.2, 0) is 4.79 Å². The zero-order chi connectivity index (χ0) is 24.0. The van der Waals surface area contributed by atoms with Gasteiger partial charge in [-0.15, -0.1) is 0 Å². The highest BCUT2D eigenvalue weighted by Crippen LogP contribution is 2.40. The van der Waals surface area contributed by atoms with Crippen LogP contribution in [0.15, 0.2) is 78.0 Å². The van der Waals surface area contributed by atoms with E-state index in [1.165, 1.54) is 12.1 Å². The number of allylic oxidation sites excluding steroid dienone is 1. The second-order valence-electron chi connectivity index (χ2n) is 8.48. The maximum Gasteiger partial charge on any atom is 0.269 e. The van der Waals surface area contributed by atoms with E-state index in [4.69, 9.17) is 4.98 Å². The lowest BCUT2D eigenvalue weighted by Crippen LogP contribution is -2.31. The Labute approximate surface area is 196 Å². The van der Waals surface area contributed by atoms with Gasteiger partial charge in [0.2, 0.25) is 5.95 Å². The number of carbonyl (C=O) groups is 1. The number of hydrogen-bond donors (Lipinski definition) is 2. The fourth-order valence-corrected chi connectivity index (χ4v) is 4.50. The molecule has 0 spiro atoms. The molecular weight excluding hydrogens is 430 g/mol. The molecular formula is C26H23N5O3. The van der Waals surface area contributed by atoms with Gasteiger partial charge in [-0.2, -0.15) is 0 Å². The van der Waals surface area contributed by atoms with Crippen molar-refractivity contribution in [2.45, 2.75) is 26.8 Å². The molecule has 0 fully saturated rings. The summed E-state index contributed by atoms with van der Waals surface area (Å²) >= 11 is 0. The van der Waals surface area contributed by atoms with Gasteiger partial charge in [0.05, 0.1) is 27.6 Å². The highest BCUT2D eigenvalue weighted by Gasteiger charge is 2.34. The van der Waals surface area contributed by atoms with Gasteiger partial charge in [-0.1, -0.05) is 29.8 Å². The molecule has 1 aromatic heterocycles. The summed E-state index contributed by atoms with van der Waals surface area (Å²) in [5.74, 6) is 0.369. The molecule has 4 aromatic rings. The number of fused-ring (bicyclic) bond motifs is 3. The number of anilines is 2. The summed E-state index contributed by atoms with van der Waals surface area (Å²) in [6, 6.07) is 19.4. The van der Waals surface area contributed by atoms with Crippen LogP contribution in [0.1, 0.15) is 29.7 Å². The first-order valence-corrected chi connectivity index (χ1v) is 10.9. The number of hydrogen-bond acceptors (Lipinski definition) is 5. The highest BCUT2D eigenvalue weighted by molar-refractivity contribution is 6.06. The van der Waals surface area contributed by atoms with Crippen molar-refractivity contribution in [1.82, 2.24) is 9.55 Å². The van der Waals surface area contributed by atoms with E-state index in [1.807, 2.05) is 67.8 Å². The fourth-order valence-electron chi connectivity index (χ4n) is 4.50. The number of aryl methyl sites for hydroxylation is 2. The minimum Gasteiger partial charge on any atom is -0.329 e. The van der Waals surface area contributed by atoms with Gasteiger partial charge < -0.3 is 10.6 Å². The van der Waals surface area contributed by atoms with E-state index in [1.54, 1.807) is 12.1 Å². The normalized spacial score (nSPS) is 15.1. The van der Waals surface area contributed by atoms with E-state index >= 15 is 0 Å². The van der Waals surface area contributed by atoms with Gasteiger partial charge in [-0.05, 0) is 62.2 Å². The number of non-ortho nitro benzene ring substituents is 1. The van der Waals surface area contributed by atoms with Crippen molar-refractivity contribution in [2.75, 3.05) is 10.6 Å². The lowest BCUT2D eigenvalue weighted by molar-refractivity contribution is -0.384. The summed E-state index contributed by atoms with van der Waals surface area (Å²) in [5, 5.41) is 17.6. The molecule has 1 amide bonds. The Balaban J connectivity index is 1.65. The Morgan fingerprint density at radius 3 is 2.50 bits per heavy atom. The van der Waals surface area contributed by atoms with Gasteiger partial charge in [0, 0.05) is 23.5 Å². The predicted molar refractivity (Wildman–Crippen MR) is 132 cm³/mol. The number of nitro benzene ring substituents is 1. The molecule has 1 aliphatic rings. The largest absolute Gasteiger partial charge is 0.329 e. The minimum absolute atomic E-state index is 0.00428. The molecule has 1 atom stereocenters. The number of imidazole rings is 1. The SMILES string of the molecule is CC1=C(C(=O)Nc2ccc(C)cc2C)[C@H](c2ccc([N+](=O)[O-])cc2)n2c(nc3ccccc32)N1. The lowest BCUT2D eigenvalue weighted by atomic mass is 9.94. The van der Waals surface area contributed by atoms with Crippen molar-refractivity contribution >= 4 is 34.3 Å². The fraction of sp³-hybridized carbons (Fsp3) is 0.154. The number of nitrogens with one attached hydrogen (secondary N) is 2. The van der Waals surface area contributed by atoms with Gasteiger partial charge >= 0.3 is 0 Å². The number of benzene rings is 3. The van der Waals surface area contributed by atoms with E-state index in [2.05, 4.69) is 10.6 Å².